The number of hydrogen-bond acceptors (Lipinski definition) is 3. The van der Waals surface area contributed by atoms with Gasteiger partial charge in [0.05, 0.1) is 6.61 Å². The number of rotatable bonds is 6. The lowest BCUT2D eigenvalue weighted by molar-refractivity contribution is 0.112. The van der Waals surface area contributed by atoms with E-state index in [1.54, 1.807) is 0 Å². The lowest BCUT2D eigenvalue weighted by atomic mass is 10.2. The number of carbonyl (C=O) groups is 1. The zero-order valence-corrected chi connectivity index (χ0v) is 11.9. The van der Waals surface area contributed by atoms with Crippen LogP contribution in [0.1, 0.15) is 24.2 Å². The number of ether oxygens (including phenoxy) is 1. The quantitative estimate of drug-likeness (QED) is 0.741. The summed E-state index contributed by atoms with van der Waals surface area (Å²) < 4.78 is 5.45. The third-order valence-corrected chi connectivity index (χ3v) is 3.12. The topological polar surface area (TPSA) is 29.5 Å². The van der Waals surface area contributed by atoms with Gasteiger partial charge in [-0.25, -0.2) is 0 Å². The van der Waals surface area contributed by atoms with E-state index in [1.165, 1.54) is 0 Å². The summed E-state index contributed by atoms with van der Waals surface area (Å²) >= 11 is 0. The highest BCUT2D eigenvalue weighted by Crippen LogP contribution is 2.27. The largest absolute Gasteiger partial charge is 0.494 e. The molecule has 0 aliphatic heterocycles. The average Bonchev–Trinajstić information content (AvgIpc) is 2.51. The van der Waals surface area contributed by atoms with Crippen LogP contribution in [0.2, 0.25) is 0 Å². The van der Waals surface area contributed by atoms with Crippen LogP contribution in [-0.2, 0) is 0 Å². The summed E-state index contributed by atoms with van der Waals surface area (Å²) in [7, 11) is 0. The first kappa shape index (κ1) is 14.1. The van der Waals surface area contributed by atoms with E-state index in [4.69, 9.17) is 4.74 Å². The maximum Gasteiger partial charge on any atom is 0.150 e. The Morgan fingerprint density at radius 1 is 0.950 bits per heavy atom. The molecule has 0 heterocycles. The number of carbonyl (C=O) groups excluding carboxylic acids is 1. The molecule has 0 spiro atoms. The van der Waals surface area contributed by atoms with E-state index in [9.17, 15) is 4.79 Å². The summed E-state index contributed by atoms with van der Waals surface area (Å²) in [4.78, 5) is 12.9. The van der Waals surface area contributed by atoms with E-state index < -0.39 is 0 Å². The molecule has 0 radical (unpaired) electrons. The summed E-state index contributed by atoms with van der Waals surface area (Å²) in [6, 6.07) is 15.6. The number of aldehydes is 1. The van der Waals surface area contributed by atoms with Gasteiger partial charge < -0.3 is 9.64 Å². The molecular weight excluding hydrogens is 250 g/mol. The Labute approximate surface area is 119 Å². The average molecular weight is 269 g/mol. The molecule has 3 nitrogen and oxygen atoms in total. The van der Waals surface area contributed by atoms with E-state index in [2.05, 4.69) is 11.8 Å². The molecule has 0 aliphatic rings. The molecule has 0 amide bonds. The van der Waals surface area contributed by atoms with Crippen LogP contribution >= 0.6 is 0 Å². The molecule has 0 saturated carbocycles. The molecule has 104 valence electrons. The summed E-state index contributed by atoms with van der Waals surface area (Å²) in [5, 5.41) is 0. The standard InChI is InChI=1S/C17H19NO2/c1-3-18(15-7-5-14(13-19)6-8-15)16-9-11-17(12-10-16)20-4-2/h5-13H,3-4H2,1-2H3. The highest BCUT2D eigenvalue weighted by Gasteiger charge is 2.07. The van der Waals surface area contributed by atoms with Gasteiger partial charge in [0.25, 0.3) is 0 Å². The Balaban J connectivity index is 2.23. The molecule has 0 N–H and O–H groups in total. The highest BCUT2D eigenvalue weighted by molar-refractivity contribution is 5.76. The minimum atomic E-state index is 0.671. The van der Waals surface area contributed by atoms with Crippen LogP contribution in [0.4, 0.5) is 11.4 Å². The lowest BCUT2D eigenvalue weighted by Gasteiger charge is -2.23. The van der Waals surface area contributed by atoms with Crippen molar-refractivity contribution in [3.05, 3.63) is 54.1 Å². The Morgan fingerprint density at radius 2 is 1.50 bits per heavy atom. The summed E-state index contributed by atoms with van der Waals surface area (Å²) in [6.45, 7) is 5.60. The first-order chi connectivity index (χ1) is 9.78. The zero-order valence-electron chi connectivity index (χ0n) is 11.9. The first-order valence-electron chi connectivity index (χ1n) is 6.84. The fraction of sp³-hybridized carbons (Fsp3) is 0.235. The van der Waals surface area contributed by atoms with Gasteiger partial charge in [-0.2, -0.15) is 0 Å². The van der Waals surface area contributed by atoms with Crippen LogP contribution in [0.25, 0.3) is 0 Å². The van der Waals surface area contributed by atoms with Gasteiger partial charge in [-0.1, -0.05) is 0 Å². The SMILES string of the molecule is CCOc1ccc(N(CC)c2ccc(C=O)cc2)cc1. The highest BCUT2D eigenvalue weighted by atomic mass is 16.5. The molecule has 0 fully saturated rings. The number of nitrogens with zero attached hydrogens (tertiary/aromatic N) is 1. The number of benzene rings is 2. The fourth-order valence-corrected chi connectivity index (χ4v) is 2.14. The normalized spacial score (nSPS) is 10.1. The fourth-order valence-electron chi connectivity index (χ4n) is 2.14. The van der Waals surface area contributed by atoms with Crippen LogP contribution in [-0.4, -0.2) is 19.4 Å². The maximum atomic E-state index is 10.7. The molecule has 2 rings (SSSR count). The molecule has 0 bridgehead atoms. The summed E-state index contributed by atoms with van der Waals surface area (Å²) in [5.74, 6) is 0.878. The van der Waals surface area contributed by atoms with Crippen molar-refractivity contribution in [1.29, 1.82) is 0 Å². The van der Waals surface area contributed by atoms with E-state index in [0.717, 1.165) is 30.0 Å². The molecule has 0 aliphatic carbocycles. The second kappa shape index (κ2) is 6.75. The Morgan fingerprint density at radius 3 is 1.95 bits per heavy atom. The van der Waals surface area contributed by atoms with Gasteiger partial charge >= 0.3 is 0 Å². The van der Waals surface area contributed by atoms with Gasteiger partial charge in [0.15, 0.2) is 0 Å². The molecule has 0 atom stereocenters. The zero-order chi connectivity index (χ0) is 14.4. The molecule has 0 unspecified atom stereocenters. The predicted octanol–water partition coefficient (Wildman–Crippen LogP) is 4.06. The monoisotopic (exact) mass is 269 g/mol. The van der Waals surface area contributed by atoms with Crippen LogP contribution in [0, 0.1) is 0 Å². The second-order valence-electron chi connectivity index (χ2n) is 4.38. The smallest absolute Gasteiger partial charge is 0.150 e. The van der Waals surface area contributed by atoms with Gasteiger partial charge in [0.1, 0.15) is 12.0 Å². The minimum Gasteiger partial charge on any atom is -0.494 e. The molecule has 2 aromatic rings. The van der Waals surface area contributed by atoms with Gasteiger partial charge in [0.2, 0.25) is 0 Å². The van der Waals surface area contributed by atoms with E-state index >= 15 is 0 Å². The molecule has 2 aromatic carbocycles. The van der Waals surface area contributed by atoms with Crippen molar-refractivity contribution in [2.24, 2.45) is 0 Å². The second-order valence-corrected chi connectivity index (χ2v) is 4.38. The van der Waals surface area contributed by atoms with Gasteiger partial charge in [-0.05, 0) is 62.4 Å². The first-order valence-corrected chi connectivity index (χ1v) is 6.84. The van der Waals surface area contributed by atoms with Gasteiger partial charge in [0, 0.05) is 23.5 Å². The van der Waals surface area contributed by atoms with Crippen molar-refractivity contribution in [1.82, 2.24) is 0 Å². The summed E-state index contributed by atoms with van der Waals surface area (Å²) in [6.07, 6.45) is 0.858. The van der Waals surface area contributed by atoms with Crippen molar-refractivity contribution in [3.63, 3.8) is 0 Å². The third kappa shape index (κ3) is 3.18. The maximum absolute atomic E-state index is 10.7. The van der Waals surface area contributed by atoms with E-state index in [-0.39, 0.29) is 0 Å². The molecule has 3 heteroatoms. The van der Waals surface area contributed by atoms with Crippen molar-refractivity contribution >= 4 is 17.7 Å². The molecule has 20 heavy (non-hydrogen) atoms. The third-order valence-electron chi connectivity index (χ3n) is 3.12. The van der Waals surface area contributed by atoms with Crippen LogP contribution < -0.4 is 9.64 Å². The van der Waals surface area contributed by atoms with E-state index in [0.29, 0.717) is 12.2 Å². The molecule has 0 saturated heterocycles. The van der Waals surface area contributed by atoms with Crippen LogP contribution in [0.15, 0.2) is 48.5 Å². The van der Waals surface area contributed by atoms with E-state index in [1.807, 2.05) is 55.5 Å². The lowest BCUT2D eigenvalue weighted by Crippen LogP contribution is -2.15. The van der Waals surface area contributed by atoms with Crippen molar-refractivity contribution in [2.45, 2.75) is 13.8 Å². The van der Waals surface area contributed by atoms with Crippen molar-refractivity contribution in [2.75, 3.05) is 18.1 Å². The molecule has 0 aromatic heterocycles. The Hall–Kier alpha value is -2.29. The Bertz CT molecular complexity index is 546. The predicted molar refractivity (Wildman–Crippen MR) is 82.1 cm³/mol. The minimum absolute atomic E-state index is 0.671. The van der Waals surface area contributed by atoms with Gasteiger partial charge in [-0.15, -0.1) is 0 Å². The van der Waals surface area contributed by atoms with Crippen molar-refractivity contribution < 1.29 is 9.53 Å². The van der Waals surface area contributed by atoms with Crippen LogP contribution in [0.3, 0.4) is 0 Å². The van der Waals surface area contributed by atoms with Crippen molar-refractivity contribution in [3.8, 4) is 5.75 Å². The Kier molecular flexibility index (Phi) is 4.77. The number of anilines is 2. The molecular formula is C17H19NO2. The summed E-state index contributed by atoms with van der Waals surface area (Å²) in [5.41, 5.74) is 2.87. The number of hydrogen-bond donors (Lipinski definition) is 0. The van der Waals surface area contributed by atoms with Gasteiger partial charge in [-0.3, -0.25) is 4.79 Å². The van der Waals surface area contributed by atoms with Crippen LogP contribution in [0.5, 0.6) is 5.75 Å².